The number of cyclic esters (lactones) is 1. The average Bonchev–Trinajstić information content (AvgIpc) is 0.949. The number of hydrogen-bond acceptors (Lipinski definition) is 18. The van der Waals surface area contributed by atoms with Crippen molar-refractivity contribution in [2.45, 2.75) is 243 Å². The Morgan fingerprint density at radius 2 is 1.56 bits per heavy atom. The van der Waals surface area contributed by atoms with Crippen LogP contribution in [-0.4, -0.2) is 174 Å². The van der Waals surface area contributed by atoms with Gasteiger partial charge in [-0.3, -0.25) is 24.0 Å². The van der Waals surface area contributed by atoms with Gasteiger partial charge in [-0.1, -0.05) is 117 Å². The van der Waals surface area contributed by atoms with Crippen molar-refractivity contribution in [3.63, 3.8) is 0 Å². The Hall–Kier alpha value is -4.54. The summed E-state index contributed by atoms with van der Waals surface area (Å²) < 4.78 is 29.4. The number of unbranched alkanes of at least 4 members (excludes halogenated alkanes) is 5. The molecule has 2 bridgehead atoms. The van der Waals surface area contributed by atoms with E-state index in [0.717, 1.165) is 38.9 Å². The number of carbonyl (C=O) groups is 6. The second kappa shape index (κ2) is 39.6. The van der Waals surface area contributed by atoms with Crippen molar-refractivity contribution in [2.75, 3.05) is 54.3 Å². The molecule has 15 atom stereocenters. The largest absolute Gasteiger partial charge is 0.460 e. The SMILES string of the molecule is CC(C)c1ccc(C(=O)c2cccs2)c(SCCCCCCCCN(C)C)n1.CO[C@H]1C[C@@H]2CC[C@@H](C)[C@@](O)(O2)C(=O)C(=O)N2CCCC[C@H]2C(=O)O[C@H]([C@H](C)C[C@@H]2CC[C@@H](O)[C@H](OC)C2)CC(=O)[C@H](C)/C=C(\C)[C@@H](O)[C@@H](OC)C(=O)[C@H](C)C[C@H](C)/C=C/C=C/C=C/1C. The number of thiophene rings is 1. The molecular formula is C74H113N3O14S2. The van der Waals surface area contributed by atoms with Crippen molar-refractivity contribution in [2.24, 2.45) is 35.5 Å². The van der Waals surface area contributed by atoms with Crippen LogP contribution < -0.4 is 0 Å². The summed E-state index contributed by atoms with van der Waals surface area (Å²) in [6.45, 7) is 18.2. The summed E-state index contributed by atoms with van der Waals surface area (Å²) in [4.78, 5) is 92.5. The number of ether oxygens (including phenoxy) is 5. The Balaban J connectivity index is 0.000000465. The second-order valence-electron chi connectivity index (χ2n) is 27.4. The van der Waals surface area contributed by atoms with E-state index in [1.165, 1.54) is 68.4 Å². The maximum atomic E-state index is 14.4. The highest BCUT2D eigenvalue weighted by atomic mass is 32.2. The van der Waals surface area contributed by atoms with E-state index in [-0.39, 0.29) is 60.6 Å². The summed E-state index contributed by atoms with van der Waals surface area (Å²) in [5.41, 5.74) is 3.08. The molecule has 6 rings (SSSR count). The van der Waals surface area contributed by atoms with E-state index in [9.17, 15) is 44.1 Å². The molecule has 4 aliphatic rings. The number of piperidine rings is 1. The summed E-state index contributed by atoms with van der Waals surface area (Å²) in [6, 6.07) is 6.66. The molecule has 17 nitrogen and oxygen atoms in total. The van der Waals surface area contributed by atoms with E-state index in [4.69, 9.17) is 28.7 Å². The topological polar surface area (TPSA) is 229 Å². The van der Waals surface area contributed by atoms with Crippen LogP contribution in [-0.2, 0) is 47.7 Å². The van der Waals surface area contributed by atoms with E-state index in [2.05, 4.69) is 32.8 Å². The molecule has 1 aliphatic carbocycles. The number of rotatable bonds is 19. The highest BCUT2D eigenvalue weighted by molar-refractivity contribution is 7.99. The van der Waals surface area contributed by atoms with E-state index in [1.807, 2.05) is 87.7 Å². The summed E-state index contributed by atoms with van der Waals surface area (Å²) in [6.07, 6.45) is 18.9. The highest BCUT2D eigenvalue weighted by Gasteiger charge is 2.53. The number of amides is 1. The van der Waals surface area contributed by atoms with Crippen LogP contribution in [0.2, 0.25) is 0 Å². The number of Topliss-reactive ketones (excluding diaryl/α,β-unsaturated/α-hetero) is 3. The van der Waals surface area contributed by atoms with Gasteiger partial charge < -0.3 is 48.8 Å². The van der Waals surface area contributed by atoms with Gasteiger partial charge in [0.1, 0.15) is 35.2 Å². The van der Waals surface area contributed by atoms with Crippen molar-refractivity contribution in [1.29, 1.82) is 0 Å². The number of ketones is 4. The highest BCUT2D eigenvalue weighted by Crippen LogP contribution is 2.38. The van der Waals surface area contributed by atoms with Crippen LogP contribution >= 0.6 is 23.1 Å². The lowest BCUT2D eigenvalue weighted by molar-refractivity contribution is -0.265. The zero-order valence-electron chi connectivity index (χ0n) is 58.4. The number of carbonyl (C=O) groups excluding carboxylic acids is 6. The van der Waals surface area contributed by atoms with Gasteiger partial charge in [0.15, 0.2) is 5.78 Å². The van der Waals surface area contributed by atoms with E-state index >= 15 is 0 Å². The van der Waals surface area contributed by atoms with Crippen LogP contribution in [0, 0.1) is 35.5 Å². The Kier molecular flexibility index (Phi) is 33.7. The van der Waals surface area contributed by atoms with Crippen molar-refractivity contribution in [3.05, 3.63) is 93.4 Å². The molecule has 3 N–H and O–H groups in total. The number of allylic oxidation sites excluding steroid dienone is 6. The van der Waals surface area contributed by atoms with Gasteiger partial charge in [-0.15, -0.1) is 23.1 Å². The molecule has 93 heavy (non-hydrogen) atoms. The van der Waals surface area contributed by atoms with Gasteiger partial charge in [-0.2, -0.15) is 0 Å². The van der Waals surface area contributed by atoms with E-state index in [0.29, 0.717) is 69.3 Å². The molecule has 0 radical (unpaired) electrons. The van der Waals surface area contributed by atoms with Crippen LogP contribution in [0.4, 0.5) is 0 Å². The van der Waals surface area contributed by atoms with Gasteiger partial charge >= 0.3 is 5.97 Å². The first-order valence-corrected chi connectivity index (χ1v) is 36.1. The molecule has 0 aromatic carbocycles. The number of esters is 1. The molecule has 520 valence electrons. The number of hydrogen-bond donors (Lipinski definition) is 3. The first-order chi connectivity index (χ1) is 44.2. The van der Waals surface area contributed by atoms with Crippen LogP contribution in [0.1, 0.15) is 205 Å². The average molecular weight is 1330 g/mol. The Labute approximate surface area is 564 Å². The normalized spacial score (nSPS) is 31.7. The third kappa shape index (κ3) is 23.9. The molecule has 2 saturated heterocycles. The number of pyridine rings is 1. The molecule has 5 heterocycles. The van der Waals surface area contributed by atoms with Crippen molar-refractivity contribution in [3.8, 4) is 0 Å². The van der Waals surface area contributed by atoms with Crippen LogP contribution in [0.25, 0.3) is 0 Å². The lowest BCUT2D eigenvalue weighted by Crippen LogP contribution is -2.61. The first-order valence-electron chi connectivity index (χ1n) is 34.3. The zero-order valence-corrected chi connectivity index (χ0v) is 60.0. The van der Waals surface area contributed by atoms with Crippen molar-refractivity contribution >= 4 is 58.1 Å². The molecule has 0 unspecified atom stereocenters. The number of methoxy groups -OCH3 is 3. The molecule has 0 spiro atoms. The molecule has 2 aromatic rings. The van der Waals surface area contributed by atoms with E-state index < -0.39 is 83.9 Å². The number of aromatic nitrogens is 1. The maximum Gasteiger partial charge on any atom is 0.329 e. The van der Waals surface area contributed by atoms with Gasteiger partial charge in [0.2, 0.25) is 11.6 Å². The third-order valence-electron chi connectivity index (χ3n) is 19.2. The molecule has 2 aromatic heterocycles. The van der Waals surface area contributed by atoms with Gasteiger partial charge in [0.05, 0.1) is 34.9 Å². The lowest BCUT2D eigenvalue weighted by atomic mass is 9.78. The Bertz CT molecular complexity index is 2820. The van der Waals surface area contributed by atoms with Gasteiger partial charge in [0, 0.05) is 64.2 Å². The van der Waals surface area contributed by atoms with E-state index in [1.54, 1.807) is 52.8 Å². The minimum atomic E-state index is -2.43. The van der Waals surface area contributed by atoms with Crippen molar-refractivity contribution < 1.29 is 67.8 Å². The maximum absolute atomic E-state index is 14.4. The molecule has 1 amide bonds. The molecular weight excluding hydrogens is 1220 g/mol. The number of nitrogens with zero attached hydrogens (tertiary/aromatic N) is 3. The Morgan fingerprint density at radius 3 is 2.23 bits per heavy atom. The third-order valence-corrected chi connectivity index (χ3v) is 21.1. The second-order valence-corrected chi connectivity index (χ2v) is 29.4. The Morgan fingerprint density at radius 1 is 0.839 bits per heavy atom. The minimum Gasteiger partial charge on any atom is -0.460 e. The van der Waals surface area contributed by atoms with Gasteiger partial charge in [0.25, 0.3) is 11.7 Å². The molecule has 3 aliphatic heterocycles. The number of fused-ring (bicyclic) bond motifs is 3. The van der Waals surface area contributed by atoms with Gasteiger partial charge in [-0.25, -0.2) is 9.78 Å². The monoisotopic (exact) mass is 1330 g/mol. The lowest BCUT2D eigenvalue weighted by Gasteiger charge is -2.42. The standard InChI is InChI=1S/C51H79NO13.C23H34N2OS2/c1-30-16-12-11-13-17-31(2)42(61-8)28-38-21-19-36(7)51(60,65-38)48(57)49(58)52-23-15-14-18-39(52)50(59)64-43(33(4)26-37-20-22-40(53)44(27-37)62-9)29-41(54)32(3)25-35(6)46(56)47(63-10)45(55)34(5)24-30;1-18(2)20-14-13-19(22(26)21-12-11-17-27-21)23(24-20)28-16-10-8-6-5-7-9-15-25(3)4/h11-13,16-17,25,30,32-34,36-40,42-44,46-47,53,56,60H,14-15,18-24,26-29H2,1-10H3;11-14,17-18H,5-10,15-16H2,1-4H3/b13-11+,16-12+,31-17+,35-25+;/t30-,32-,33-,34-,36-,37+,38+,39+,40-,42+,43+,44-,46-,47+,51-;/m1./s1. The number of aliphatic hydroxyl groups excluding tert-OH is 2. The van der Waals surface area contributed by atoms with Crippen LogP contribution in [0.3, 0.4) is 0 Å². The zero-order chi connectivity index (χ0) is 68.5. The van der Waals surface area contributed by atoms with Crippen LogP contribution in [0.15, 0.2) is 82.3 Å². The molecule has 19 heteroatoms. The fourth-order valence-corrected chi connectivity index (χ4v) is 14.8. The predicted octanol–water partition coefficient (Wildman–Crippen LogP) is 12.7. The number of thioether (sulfide) groups is 1. The minimum absolute atomic E-state index is 0.0193. The van der Waals surface area contributed by atoms with Crippen molar-refractivity contribution in [1.82, 2.24) is 14.8 Å². The summed E-state index contributed by atoms with van der Waals surface area (Å²) in [5, 5.41) is 36.7. The quantitative estimate of drug-likeness (QED) is 0.0297. The number of aliphatic hydroxyl groups is 3. The summed E-state index contributed by atoms with van der Waals surface area (Å²) >= 11 is 3.24. The fraction of sp³-hybridized carbons (Fsp3) is 0.689. The fourth-order valence-electron chi connectivity index (χ4n) is 13.1. The predicted molar refractivity (Wildman–Crippen MR) is 368 cm³/mol. The summed E-state index contributed by atoms with van der Waals surface area (Å²) in [5.74, 6) is -6.47. The van der Waals surface area contributed by atoms with Crippen LogP contribution in [0.5, 0.6) is 0 Å². The summed E-state index contributed by atoms with van der Waals surface area (Å²) in [7, 11) is 8.79. The molecule has 1 saturated carbocycles. The molecule has 3 fully saturated rings. The smallest absolute Gasteiger partial charge is 0.329 e. The van der Waals surface area contributed by atoms with Gasteiger partial charge in [-0.05, 0) is 176 Å². The first kappa shape index (κ1) is 79.2.